The minimum atomic E-state index is -0.441. The number of nitrogens with one attached hydrogen (secondary N) is 2. The Bertz CT molecular complexity index is 1230. The Balaban J connectivity index is 1.67. The summed E-state index contributed by atoms with van der Waals surface area (Å²) >= 11 is 2.95. The fraction of sp³-hybridized carbons (Fsp3) is 0.346. The molecule has 0 radical (unpaired) electrons. The predicted molar refractivity (Wildman–Crippen MR) is 149 cm³/mol. The third kappa shape index (κ3) is 7.75. The summed E-state index contributed by atoms with van der Waals surface area (Å²) in [7, 11) is 2.89. The van der Waals surface area contributed by atoms with E-state index in [9.17, 15) is 14.4 Å². The Kier molecular flexibility index (Phi) is 11.0. The Morgan fingerprint density at radius 1 is 1.00 bits per heavy atom. The molecule has 0 spiro atoms. The second-order valence-corrected chi connectivity index (χ2v) is 9.95. The van der Waals surface area contributed by atoms with Crippen molar-refractivity contribution in [3.63, 3.8) is 0 Å². The molecule has 2 aromatic carbocycles. The van der Waals surface area contributed by atoms with Gasteiger partial charge < -0.3 is 24.7 Å². The highest BCUT2D eigenvalue weighted by Gasteiger charge is 2.23. The van der Waals surface area contributed by atoms with Crippen LogP contribution in [0.1, 0.15) is 45.9 Å². The van der Waals surface area contributed by atoms with Gasteiger partial charge in [0.05, 0.1) is 31.6 Å². The number of benzene rings is 2. The van der Waals surface area contributed by atoms with Crippen molar-refractivity contribution >= 4 is 47.0 Å². The van der Waals surface area contributed by atoms with Crippen molar-refractivity contribution in [2.75, 3.05) is 37.3 Å². The van der Waals surface area contributed by atoms with Crippen LogP contribution in [0.15, 0.2) is 53.7 Å². The molecule has 0 aliphatic heterocycles. The molecule has 0 unspecified atom stereocenters. The second kappa shape index (κ2) is 14.4. The summed E-state index contributed by atoms with van der Waals surface area (Å²) in [5, 5.41) is 15.2. The number of thioether (sulfide) groups is 2. The molecule has 0 bridgehead atoms. The van der Waals surface area contributed by atoms with Gasteiger partial charge in [-0.25, -0.2) is 4.79 Å². The van der Waals surface area contributed by atoms with Crippen molar-refractivity contribution in [1.82, 2.24) is 20.1 Å². The van der Waals surface area contributed by atoms with Crippen LogP contribution in [0.4, 0.5) is 5.69 Å². The first-order valence-corrected chi connectivity index (χ1v) is 14.3. The molecule has 0 saturated carbocycles. The van der Waals surface area contributed by atoms with E-state index in [2.05, 4.69) is 25.6 Å². The fourth-order valence-electron chi connectivity index (χ4n) is 3.58. The zero-order valence-electron chi connectivity index (χ0n) is 21.7. The van der Waals surface area contributed by atoms with Gasteiger partial charge >= 0.3 is 5.97 Å². The van der Waals surface area contributed by atoms with E-state index in [-0.39, 0.29) is 23.6 Å². The lowest BCUT2D eigenvalue weighted by Gasteiger charge is -2.19. The van der Waals surface area contributed by atoms with Gasteiger partial charge in [0.2, 0.25) is 5.91 Å². The van der Waals surface area contributed by atoms with Crippen LogP contribution in [0.5, 0.6) is 5.75 Å². The molecule has 0 saturated heterocycles. The van der Waals surface area contributed by atoms with Gasteiger partial charge in [-0.05, 0) is 73.9 Å². The third-order valence-corrected chi connectivity index (χ3v) is 7.17. The maximum absolute atomic E-state index is 13.0. The lowest BCUT2D eigenvalue weighted by atomic mass is 10.1. The molecular formula is C26H31N5O5S2. The molecule has 12 heteroatoms. The van der Waals surface area contributed by atoms with Gasteiger partial charge in [-0.2, -0.15) is 11.8 Å². The van der Waals surface area contributed by atoms with Gasteiger partial charge in [-0.1, -0.05) is 11.8 Å². The summed E-state index contributed by atoms with van der Waals surface area (Å²) in [5.41, 5.74) is 1.49. The quantitative estimate of drug-likeness (QED) is 0.237. The minimum Gasteiger partial charge on any atom is -0.497 e. The van der Waals surface area contributed by atoms with Crippen molar-refractivity contribution in [2.24, 2.45) is 0 Å². The normalized spacial score (nSPS) is 11.5. The van der Waals surface area contributed by atoms with E-state index >= 15 is 0 Å². The van der Waals surface area contributed by atoms with E-state index in [1.165, 1.54) is 18.9 Å². The van der Waals surface area contributed by atoms with Gasteiger partial charge in [0.1, 0.15) is 5.75 Å². The van der Waals surface area contributed by atoms with E-state index in [1.807, 2.05) is 17.7 Å². The molecule has 1 heterocycles. The van der Waals surface area contributed by atoms with Gasteiger partial charge in [-0.15, -0.1) is 10.2 Å². The Hall–Kier alpha value is -3.51. The number of anilines is 1. The average Bonchev–Trinajstić information content (AvgIpc) is 3.36. The zero-order valence-corrected chi connectivity index (χ0v) is 23.4. The molecule has 38 heavy (non-hydrogen) atoms. The molecule has 10 nitrogen and oxygen atoms in total. The molecule has 3 aromatic rings. The highest BCUT2D eigenvalue weighted by Crippen LogP contribution is 2.24. The van der Waals surface area contributed by atoms with Gasteiger partial charge in [0, 0.05) is 17.8 Å². The summed E-state index contributed by atoms with van der Waals surface area (Å²) in [6, 6.07) is 13.0. The van der Waals surface area contributed by atoms with Gasteiger partial charge in [0.25, 0.3) is 5.91 Å². The standard InChI is InChI=1S/C26H31N5O5S2/c1-5-31-23(21(14-15-37-4)28-24(33)17-8-12-20(35-2)13-9-17)29-30-26(31)38-16-22(32)27-19-10-6-18(7-11-19)25(34)36-3/h6-13,21H,5,14-16H2,1-4H3,(H,27,32)(H,28,33)/t21-/m0/s1. The molecular weight excluding hydrogens is 526 g/mol. The maximum Gasteiger partial charge on any atom is 0.337 e. The number of hydrogen-bond donors (Lipinski definition) is 2. The molecule has 1 aromatic heterocycles. The Morgan fingerprint density at radius 2 is 1.68 bits per heavy atom. The SMILES string of the molecule is CCn1c(SCC(=O)Nc2ccc(C(=O)OC)cc2)nnc1[C@H](CCSC)NC(=O)c1ccc(OC)cc1. The lowest BCUT2D eigenvalue weighted by Crippen LogP contribution is -2.31. The first-order valence-electron chi connectivity index (χ1n) is 11.9. The topological polar surface area (TPSA) is 124 Å². The first kappa shape index (κ1) is 29.1. The minimum absolute atomic E-state index is 0.116. The van der Waals surface area contributed by atoms with Crippen molar-refractivity contribution in [3.8, 4) is 5.75 Å². The monoisotopic (exact) mass is 557 g/mol. The Labute approximate surface area is 230 Å². The van der Waals surface area contributed by atoms with Crippen LogP contribution in [-0.4, -0.2) is 64.5 Å². The first-order chi connectivity index (χ1) is 18.4. The van der Waals surface area contributed by atoms with Crippen LogP contribution in [0, 0.1) is 0 Å². The molecule has 0 aliphatic carbocycles. The van der Waals surface area contributed by atoms with E-state index in [4.69, 9.17) is 4.74 Å². The average molecular weight is 558 g/mol. The zero-order chi connectivity index (χ0) is 27.5. The highest BCUT2D eigenvalue weighted by molar-refractivity contribution is 7.99. The number of carbonyl (C=O) groups excluding carboxylic acids is 3. The van der Waals surface area contributed by atoms with Crippen LogP contribution in [0.2, 0.25) is 0 Å². The Morgan fingerprint density at radius 3 is 2.29 bits per heavy atom. The number of carbonyl (C=O) groups is 3. The largest absolute Gasteiger partial charge is 0.497 e. The van der Waals surface area contributed by atoms with Crippen molar-refractivity contribution < 1.29 is 23.9 Å². The van der Waals surface area contributed by atoms with Crippen LogP contribution in [0.3, 0.4) is 0 Å². The van der Waals surface area contributed by atoms with Crippen molar-refractivity contribution in [3.05, 3.63) is 65.5 Å². The maximum atomic E-state index is 13.0. The molecule has 0 aliphatic rings. The summed E-state index contributed by atoms with van der Waals surface area (Å²) < 4.78 is 11.8. The van der Waals surface area contributed by atoms with Crippen LogP contribution < -0.4 is 15.4 Å². The molecule has 3 rings (SSSR count). The van der Waals surface area contributed by atoms with Crippen LogP contribution >= 0.6 is 23.5 Å². The van der Waals surface area contributed by atoms with E-state index in [0.29, 0.717) is 46.5 Å². The number of hydrogen-bond acceptors (Lipinski definition) is 9. The molecule has 1 atom stereocenters. The number of rotatable bonds is 13. The number of methoxy groups -OCH3 is 2. The third-order valence-electron chi connectivity index (χ3n) is 5.56. The number of nitrogens with zero attached hydrogens (tertiary/aromatic N) is 3. The molecule has 202 valence electrons. The fourth-order valence-corrected chi connectivity index (χ4v) is 4.86. The van der Waals surface area contributed by atoms with Gasteiger partial charge in [-0.3, -0.25) is 9.59 Å². The van der Waals surface area contributed by atoms with Crippen molar-refractivity contribution in [2.45, 2.75) is 31.1 Å². The second-order valence-electron chi connectivity index (χ2n) is 8.03. The summed E-state index contributed by atoms with van der Waals surface area (Å²) in [4.78, 5) is 37.1. The summed E-state index contributed by atoms with van der Waals surface area (Å²) in [5.74, 6) is 1.38. The number of ether oxygens (including phenoxy) is 2. The van der Waals surface area contributed by atoms with Crippen molar-refractivity contribution in [1.29, 1.82) is 0 Å². The summed E-state index contributed by atoms with van der Waals surface area (Å²) in [6.07, 6.45) is 2.68. The number of amides is 2. The van der Waals surface area contributed by atoms with E-state index in [0.717, 1.165) is 5.75 Å². The number of aromatic nitrogens is 3. The van der Waals surface area contributed by atoms with Crippen LogP contribution in [-0.2, 0) is 16.1 Å². The molecule has 0 fully saturated rings. The molecule has 2 amide bonds. The van der Waals surface area contributed by atoms with E-state index < -0.39 is 5.97 Å². The number of esters is 1. The predicted octanol–water partition coefficient (Wildman–Crippen LogP) is 4.05. The summed E-state index contributed by atoms with van der Waals surface area (Å²) in [6.45, 7) is 2.55. The van der Waals surface area contributed by atoms with E-state index in [1.54, 1.807) is 67.4 Å². The van der Waals surface area contributed by atoms with Crippen LogP contribution in [0.25, 0.3) is 0 Å². The highest BCUT2D eigenvalue weighted by atomic mass is 32.2. The lowest BCUT2D eigenvalue weighted by molar-refractivity contribution is -0.113. The smallest absolute Gasteiger partial charge is 0.337 e. The molecule has 2 N–H and O–H groups in total. The van der Waals surface area contributed by atoms with Gasteiger partial charge in [0.15, 0.2) is 11.0 Å².